The van der Waals surface area contributed by atoms with Crippen molar-refractivity contribution in [3.8, 4) is 11.5 Å². The van der Waals surface area contributed by atoms with E-state index in [2.05, 4.69) is 22.4 Å². The second-order valence-electron chi connectivity index (χ2n) is 7.63. The molecule has 3 rings (SSSR count). The fraction of sp³-hybridized carbons (Fsp3) is 0.400. The van der Waals surface area contributed by atoms with Crippen LogP contribution in [0, 0.1) is 0 Å². The Morgan fingerprint density at radius 3 is 2.66 bits per heavy atom. The molecule has 0 unspecified atom stereocenters. The van der Waals surface area contributed by atoms with Crippen LogP contribution in [0.5, 0.6) is 11.5 Å². The van der Waals surface area contributed by atoms with Crippen LogP contribution in [-0.4, -0.2) is 36.3 Å². The molecule has 0 aliphatic carbocycles. The zero-order chi connectivity index (χ0) is 22.6. The Morgan fingerprint density at radius 2 is 1.88 bits per heavy atom. The topological polar surface area (TPSA) is 72.3 Å². The number of nitrogens with one attached hydrogen (secondary N) is 1. The van der Waals surface area contributed by atoms with Gasteiger partial charge in [-0.25, -0.2) is 0 Å². The van der Waals surface area contributed by atoms with E-state index >= 15 is 0 Å². The van der Waals surface area contributed by atoms with Crippen molar-refractivity contribution in [1.29, 1.82) is 0 Å². The fourth-order valence-corrected chi connectivity index (χ4v) is 4.26. The molecule has 1 N–H and O–H groups in total. The maximum Gasteiger partial charge on any atom is 0.239 e. The number of unbranched alkanes of at least 4 members (excludes halogenated alkanes) is 4. The average molecular weight is 454 g/mol. The first-order valence-electron chi connectivity index (χ1n) is 11.1. The fourth-order valence-electron chi connectivity index (χ4n) is 3.29. The maximum atomic E-state index is 12.3. The number of hydrogen-bond donors (Lipinski definition) is 1. The van der Waals surface area contributed by atoms with Gasteiger partial charge in [0, 0.05) is 0 Å². The van der Waals surface area contributed by atoms with Crippen LogP contribution < -0.4 is 14.8 Å². The van der Waals surface area contributed by atoms with Gasteiger partial charge in [-0.1, -0.05) is 56.5 Å². The third-order valence-electron chi connectivity index (χ3n) is 5.08. The van der Waals surface area contributed by atoms with Crippen molar-refractivity contribution in [3.05, 3.63) is 59.7 Å². The smallest absolute Gasteiger partial charge is 0.239 e. The van der Waals surface area contributed by atoms with Gasteiger partial charge in [-0.2, -0.15) is 5.10 Å². The molecule has 2 aromatic carbocycles. The van der Waals surface area contributed by atoms with Gasteiger partial charge in [0.05, 0.1) is 25.2 Å². The number of amidine groups is 1. The minimum atomic E-state index is -0.227. The van der Waals surface area contributed by atoms with Gasteiger partial charge in [0.15, 0.2) is 5.17 Å². The number of methoxy groups -OCH3 is 1. The summed E-state index contributed by atoms with van der Waals surface area (Å²) in [6.07, 6.45) is 8.41. The molecule has 7 heteroatoms. The molecule has 2 aromatic rings. The molecule has 1 amide bonds. The molecular formula is C25H31N3O3S. The Bertz CT molecular complexity index is 928. The van der Waals surface area contributed by atoms with E-state index in [0.29, 0.717) is 11.6 Å². The van der Waals surface area contributed by atoms with Gasteiger partial charge in [0.1, 0.15) is 11.5 Å². The number of carbonyl (C=O) groups is 1. The quantitative estimate of drug-likeness (QED) is 0.272. The van der Waals surface area contributed by atoms with Crippen molar-refractivity contribution >= 4 is 29.1 Å². The van der Waals surface area contributed by atoms with Crippen LogP contribution in [0.4, 0.5) is 0 Å². The van der Waals surface area contributed by atoms with Gasteiger partial charge in [0.2, 0.25) is 5.91 Å². The lowest BCUT2D eigenvalue weighted by Gasteiger charge is -2.07. The first kappa shape index (κ1) is 23.9. The molecule has 0 spiro atoms. The van der Waals surface area contributed by atoms with Crippen LogP contribution in [0.1, 0.15) is 50.2 Å². The maximum absolute atomic E-state index is 12.3. The summed E-state index contributed by atoms with van der Waals surface area (Å²) in [5.41, 5.74) is 1.97. The minimum Gasteiger partial charge on any atom is -0.497 e. The largest absolute Gasteiger partial charge is 0.497 e. The molecule has 1 aliphatic rings. The Hall–Kier alpha value is -2.80. The van der Waals surface area contributed by atoms with Crippen molar-refractivity contribution in [2.75, 3.05) is 13.7 Å². The minimum absolute atomic E-state index is 0.0528. The number of rotatable bonds is 12. The Kier molecular flexibility index (Phi) is 9.62. The number of ether oxygens (including phenoxy) is 2. The second kappa shape index (κ2) is 12.9. The number of thioether (sulfide) groups is 1. The van der Waals surface area contributed by atoms with E-state index in [0.717, 1.165) is 35.7 Å². The van der Waals surface area contributed by atoms with Crippen LogP contribution in [0.3, 0.4) is 0 Å². The monoisotopic (exact) mass is 453 g/mol. The van der Waals surface area contributed by atoms with E-state index in [1.54, 1.807) is 13.3 Å². The summed E-state index contributed by atoms with van der Waals surface area (Å²) in [4.78, 5) is 12.3. The van der Waals surface area contributed by atoms with Gasteiger partial charge in [0.25, 0.3) is 0 Å². The summed E-state index contributed by atoms with van der Waals surface area (Å²) in [7, 11) is 1.63. The van der Waals surface area contributed by atoms with Gasteiger partial charge in [-0.15, -0.1) is 5.10 Å². The molecule has 1 aliphatic heterocycles. The number of benzene rings is 2. The molecule has 6 nitrogen and oxygen atoms in total. The van der Waals surface area contributed by atoms with Crippen molar-refractivity contribution in [2.45, 2.75) is 50.7 Å². The normalized spacial score (nSPS) is 17.1. The summed E-state index contributed by atoms with van der Waals surface area (Å²) >= 11 is 1.40. The number of amides is 1. The molecule has 0 radical (unpaired) electrons. The van der Waals surface area contributed by atoms with Crippen LogP contribution >= 0.6 is 11.8 Å². The first-order chi connectivity index (χ1) is 15.7. The molecule has 32 heavy (non-hydrogen) atoms. The number of carbonyl (C=O) groups excluding carboxylic acids is 1. The van der Waals surface area contributed by atoms with Crippen molar-refractivity contribution in [3.63, 3.8) is 0 Å². The van der Waals surface area contributed by atoms with Gasteiger partial charge in [-0.3, -0.25) is 4.79 Å². The second-order valence-corrected chi connectivity index (χ2v) is 8.82. The summed E-state index contributed by atoms with van der Waals surface area (Å²) < 4.78 is 11.0. The van der Waals surface area contributed by atoms with Crippen LogP contribution in [0.2, 0.25) is 0 Å². The third kappa shape index (κ3) is 7.71. The summed E-state index contributed by atoms with van der Waals surface area (Å²) in [6, 6.07) is 15.5. The standard InChI is InChI=1S/C25H31N3O3S/c1-3-4-5-6-7-15-31-21-13-11-19(12-14-21)18-26-28-25-27-24(29)23(32-25)17-20-9-8-10-22(16-20)30-2/h8-14,16,18,23H,3-7,15,17H2,1-2H3,(H,27,28,29)/b26-18-/t23-/m0/s1. The van der Waals surface area contributed by atoms with E-state index in [4.69, 9.17) is 9.47 Å². The lowest BCUT2D eigenvalue weighted by atomic mass is 10.1. The molecule has 0 aromatic heterocycles. The van der Waals surface area contributed by atoms with E-state index in [-0.39, 0.29) is 11.2 Å². The highest BCUT2D eigenvalue weighted by molar-refractivity contribution is 8.15. The Morgan fingerprint density at radius 1 is 1.06 bits per heavy atom. The van der Waals surface area contributed by atoms with Gasteiger partial charge < -0.3 is 14.8 Å². The lowest BCUT2D eigenvalue weighted by molar-refractivity contribution is -0.118. The Labute approximate surface area is 194 Å². The SMILES string of the molecule is CCCCCCCOc1ccc(/C=N\N=C2/NC(=O)[C@H](Cc3cccc(OC)c3)S2)cc1. The Balaban J connectivity index is 1.45. The number of hydrogen-bond acceptors (Lipinski definition) is 6. The zero-order valence-electron chi connectivity index (χ0n) is 18.8. The molecule has 170 valence electrons. The van der Waals surface area contributed by atoms with E-state index in [1.807, 2.05) is 48.5 Å². The van der Waals surface area contributed by atoms with Crippen LogP contribution in [0.15, 0.2) is 58.7 Å². The summed E-state index contributed by atoms with van der Waals surface area (Å²) in [5.74, 6) is 1.60. The van der Waals surface area contributed by atoms with Crippen LogP contribution in [0.25, 0.3) is 0 Å². The summed E-state index contributed by atoms with van der Waals surface area (Å²) in [5, 5.41) is 11.4. The molecule has 1 atom stereocenters. The predicted molar refractivity (Wildman–Crippen MR) is 132 cm³/mol. The predicted octanol–water partition coefficient (Wildman–Crippen LogP) is 5.21. The summed E-state index contributed by atoms with van der Waals surface area (Å²) in [6.45, 7) is 2.97. The molecular weight excluding hydrogens is 422 g/mol. The highest BCUT2D eigenvalue weighted by Crippen LogP contribution is 2.25. The molecule has 1 saturated heterocycles. The van der Waals surface area contributed by atoms with E-state index in [1.165, 1.54) is 37.4 Å². The van der Waals surface area contributed by atoms with Gasteiger partial charge >= 0.3 is 0 Å². The van der Waals surface area contributed by atoms with Crippen molar-refractivity contribution in [1.82, 2.24) is 5.32 Å². The van der Waals surface area contributed by atoms with Gasteiger partial charge in [-0.05, 0) is 60.4 Å². The molecule has 1 fully saturated rings. The highest BCUT2D eigenvalue weighted by Gasteiger charge is 2.30. The van der Waals surface area contributed by atoms with Crippen molar-refractivity contribution < 1.29 is 14.3 Å². The molecule has 1 heterocycles. The lowest BCUT2D eigenvalue weighted by Crippen LogP contribution is -2.25. The molecule has 0 saturated carbocycles. The number of nitrogens with zero attached hydrogens (tertiary/aromatic N) is 2. The van der Waals surface area contributed by atoms with E-state index < -0.39 is 0 Å². The average Bonchev–Trinajstić information content (AvgIpc) is 3.16. The highest BCUT2D eigenvalue weighted by atomic mass is 32.2. The van der Waals surface area contributed by atoms with Crippen LogP contribution in [-0.2, 0) is 11.2 Å². The zero-order valence-corrected chi connectivity index (χ0v) is 19.6. The van der Waals surface area contributed by atoms with Crippen molar-refractivity contribution in [2.24, 2.45) is 10.2 Å². The van der Waals surface area contributed by atoms with E-state index in [9.17, 15) is 4.79 Å². The third-order valence-corrected chi connectivity index (χ3v) is 6.16. The first-order valence-corrected chi connectivity index (χ1v) is 12.0. The molecule has 0 bridgehead atoms.